The highest BCUT2D eigenvalue weighted by Crippen LogP contribution is 2.29. The first kappa shape index (κ1) is 14.0. The fourth-order valence-electron chi connectivity index (χ4n) is 2.92. The second-order valence-corrected chi connectivity index (χ2v) is 6.82. The molecule has 2 heteroatoms. The van der Waals surface area contributed by atoms with Crippen LogP contribution in [-0.4, -0.2) is 4.83 Å². The van der Waals surface area contributed by atoms with Gasteiger partial charge in [0.1, 0.15) is 5.82 Å². The van der Waals surface area contributed by atoms with Gasteiger partial charge in [-0.05, 0) is 36.5 Å². The first-order chi connectivity index (χ1) is 8.74. The van der Waals surface area contributed by atoms with Crippen molar-refractivity contribution in [1.82, 2.24) is 0 Å². The van der Waals surface area contributed by atoms with Crippen LogP contribution in [0.25, 0.3) is 0 Å². The van der Waals surface area contributed by atoms with Gasteiger partial charge < -0.3 is 0 Å². The fraction of sp³-hybridized carbons (Fsp3) is 0.625. The molecule has 1 aliphatic rings. The van der Waals surface area contributed by atoms with Crippen molar-refractivity contribution < 1.29 is 4.39 Å². The van der Waals surface area contributed by atoms with Crippen molar-refractivity contribution >= 4 is 15.9 Å². The second-order valence-electron chi connectivity index (χ2n) is 5.52. The highest BCUT2D eigenvalue weighted by molar-refractivity contribution is 9.09. The van der Waals surface area contributed by atoms with Crippen molar-refractivity contribution in [3.05, 3.63) is 35.6 Å². The molecular formula is C16H22BrF. The Hall–Kier alpha value is -0.370. The molecule has 1 atom stereocenters. The molecule has 0 nitrogen and oxygen atoms in total. The summed E-state index contributed by atoms with van der Waals surface area (Å²) < 4.78 is 12.8. The molecule has 0 bridgehead atoms. The highest BCUT2D eigenvalue weighted by Gasteiger charge is 2.16. The molecule has 18 heavy (non-hydrogen) atoms. The number of benzene rings is 1. The quantitative estimate of drug-likeness (QED) is 0.509. The first-order valence-corrected chi connectivity index (χ1v) is 8.04. The summed E-state index contributed by atoms with van der Waals surface area (Å²) in [5.74, 6) is 0.742. The van der Waals surface area contributed by atoms with Crippen LogP contribution in [-0.2, 0) is 6.42 Å². The zero-order valence-corrected chi connectivity index (χ0v) is 12.5. The van der Waals surface area contributed by atoms with Gasteiger partial charge in [-0.25, -0.2) is 4.39 Å². The Morgan fingerprint density at radius 3 is 2.28 bits per heavy atom. The van der Waals surface area contributed by atoms with Crippen LogP contribution in [0.4, 0.5) is 4.39 Å². The Balaban J connectivity index is 1.80. The fourth-order valence-corrected chi connectivity index (χ4v) is 3.82. The van der Waals surface area contributed by atoms with E-state index >= 15 is 0 Å². The van der Waals surface area contributed by atoms with Crippen molar-refractivity contribution in [1.29, 1.82) is 0 Å². The van der Waals surface area contributed by atoms with E-state index in [4.69, 9.17) is 0 Å². The lowest BCUT2D eigenvalue weighted by molar-refractivity contribution is 0.423. The lowest BCUT2D eigenvalue weighted by Gasteiger charge is -2.18. The minimum atomic E-state index is -0.145. The molecule has 1 saturated carbocycles. The van der Waals surface area contributed by atoms with Crippen LogP contribution >= 0.6 is 15.9 Å². The lowest BCUT2D eigenvalue weighted by Crippen LogP contribution is -2.10. The Morgan fingerprint density at radius 2 is 1.67 bits per heavy atom. The van der Waals surface area contributed by atoms with Crippen molar-refractivity contribution in [3.63, 3.8) is 0 Å². The van der Waals surface area contributed by atoms with E-state index in [1.807, 2.05) is 12.1 Å². The van der Waals surface area contributed by atoms with E-state index in [9.17, 15) is 4.39 Å². The molecule has 100 valence electrons. The van der Waals surface area contributed by atoms with Crippen molar-refractivity contribution in [2.24, 2.45) is 5.92 Å². The van der Waals surface area contributed by atoms with Crippen LogP contribution in [0.5, 0.6) is 0 Å². The molecule has 0 aliphatic heterocycles. The van der Waals surface area contributed by atoms with E-state index in [1.54, 1.807) is 12.1 Å². The van der Waals surface area contributed by atoms with Crippen molar-refractivity contribution in [2.75, 3.05) is 0 Å². The molecule has 1 aromatic rings. The van der Waals surface area contributed by atoms with E-state index in [1.165, 1.54) is 50.5 Å². The van der Waals surface area contributed by atoms with E-state index in [0.29, 0.717) is 4.83 Å². The predicted molar refractivity (Wildman–Crippen MR) is 78.6 cm³/mol. The summed E-state index contributed by atoms with van der Waals surface area (Å²) in [6, 6.07) is 6.91. The van der Waals surface area contributed by atoms with Gasteiger partial charge in [-0.3, -0.25) is 0 Å². The minimum absolute atomic E-state index is 0.145. The van der Waals surface area contributed by atoms with Crippen LogP contribution in [0.3, 0.4) is 0 Å². The van der Waals surface area contributed by atoms with E-state index in [2.05, 4.69) is 15.9 Å². The molecule has 0 N–H and O–H groups in total. The standard InChI is InChI=1S/C16H22BrF/c17-15(11-13-5-3-1-2-4-6-13)12-14-7-9-16(18)10-8-14/h7-10,13,15H,1-6,11-12H2. The highest BCUT2D eigenvalue weighted by atomic mass is 79.9. The Morgan fingerprint density at radius 1 is 1.06 bits per heavy atom. The molecule has 0 saturated heterocycles. The smallest absolute Gasteiger partial charge is 0.123 e. The summed E-state index contributed by atoms with van der Waals surface area (Å²) in [6.45, 7) is 0. The molecule has 0 aromatic heterocycles. The summed E-state index contributed by atoms with van der Waals surface area (Å²) in [6.07, 6.45) is 10.7. The van der Waals surface area contributed by atoms with Gasteiger partial charge in [0.25, 0.3) is 0 Å². The number of hydrogen-bond acceptors (Lipinski definition) is 0. The predicted octanol–water partition coefficient (Wildman–Crippen LogP) is 5.49. The maximum Gasteiger partial charge on any atom is 0.123 e. The van der Waals surface area contributed by atoms with Gasteiger partial charge in [-0.1, -0.05) is 66.6 Å². The monoisotopic (exact) mass is 312 g/mol. The maximum atomic E-state index is 12.8. The molecule has 2 rings (SSSR count). The molecule has 1 aliphatic carbocycles. The van der Waals surface area contributed by atoms with Crippen molar-refractivity contribution in [2.45, 2.75) is 56.2 Å². The van der Waals surface area contributed by atoms with Crippen LogP contribution in [0.2, 0.25) is 0 Å². The second kappa shape index (κ2) is 7.28. The molecule has 1 fully saturated rings. The van der Waals surface area contributed by atoms with Gasteiger partial charge in [0.2, 0.25) is 0 Å². The van der Waals surface area contributed by atoms with E-state index < -0.39 is 0 Å². The average Bonchev–Trinajstić information content (AvgIpc) is 2.61. The Labute approximate surface area is 118 Å². The number of halogens is 2. The third kappa shape index (κ3) is 4.72. The maximum absolute atomic E-state index is 12.8. The van der Waals surface area contributed by atoms with Gasteiger partial charge in [0.15, 0.2) is 0 Å². The van der Waals surface area contributed by atoms with Crippen LogP contribution in [0.1, 0.15) is 50.5 Å². The normalized spacial score (nSPS) is 19.4. The third-order valence-corrected chi connectivity index (χ3v) is 4.63. The number of hydrogen-bond donors (Lipinski definition) is 0. The molecule has 0 spiro atoms. The molecule has 0 amide bonds. The molecule has 1 unspecified atom stereocenters. The number of alkyl halides is 1. The topological polar surface area (TPSA) is 0 Å². The summed E-state index contributed by atoms with van der Waals surface area (Å²) >= 11 is 3.80. The Bertz CT molecular complexity index is 339. The summed E-state index contributed by atoms with van der Waals surface area (Å²) in [7, 11) is 0. The van der Waals surface area contributed by atoms with Gasteiger partial charge in [-0.15, -0.1) is 0 Å². The summed E-state index contributed by atoms with van der Waals surface area (Å²) in [5.41, 5.74) is 1.23. The van der Waals surface area contributed by atoms with Crippen molar-refractivity contribution in [3.8, 4) is 0 Å². The first-order valence-electron chi connectivity index (χ1n) is 7.12. The summed E-state index contributed by atoms with van der Waals surface area (Å²) in [5, 5.41) is 0. The third-order valence-electron chi connectivity index (χ3n) is 3.93. The van der Waals surface area contributed by atoms with Crippen LogP contribution < -0.4 is 0 Å². The Kier molecular flexibility index (Phi) is 5.68. The van der Waals surface area contributed by atoms with Gasteiger partial charge in [-0.2, -0.15) is 0 Å². The average molecular weight is 313 g/mol. The zero-order chi connectivity index (χ0) is 12.8. The molecular weight excluding hydrogens is 291 g/mol. The van der Waals surface area contributed by atoms with Crippen LogP contribution in [0.15, 0.2) is 24.3 Å². The largest absolute Gasteiger partial charge is 0.207 e. The van der Waals surface area contributed by atoms with Gasteiger partial charge in [0, 0.05) is 4.83 Å². The molecule has 1 aromatic carbocycles. The van der Waals surface area contributed by atoms with E-state index in [0.717, 1.165) is 12.3 Å². The van der Waals surface area contributed by atoms with Gasteiger partial charge >= 0.3 is 0 Å². The summed E-state index contributed by atoms with van der Waals surface area (Å²) in [4.78, 5) is 0.533. The van der Waals surface area contributed by atoms with Gasteiger partial charge in [0.05, 0.1) is 0 Å². The van der Waals surface area contributed by atoms with Crippen LogP contribution in [0, 0.1) is 11.7 Å². The SMILES string of the molecule is Fc1ccc(CC(Br)CC2CCCCCC2)cc1. The van der Waals surface area contributed by atoms with E-state index in [-0.39, 0.29) is 5.82 Å². The number of rotatable bonds is 4. The molecule has 0 radical (unpaired) electrons. The minimum Gasteiger partial charge on any atom is -0.207 e. The molecule has 0 heterocycles. The zero-order valence-electron chi connectivity index (χ0n) is 10.9. The lowest BCUT2D eigenvalue weighted by atomic mass is 9.93.